The normalized spacial score (nSPS) is 11.0. The van der Waals surface area contributed by atoms with Crippen molar-refractivity contribution in [2.24, 2.45) is 5.41 Å². The molecule has 3 heteroatoms. The van der Waals surface area contributed by atoms with Crippen LogP contribution in [0, 0.1) is 30.6 Å². The SMILES string of the molecule is Cc1ccnc(C)c1NCC(C)(C)CCC#N. The molecule has 0 fully saturated rings. The molecule has 1 aromatic heterocycles. The summed E-state index contributed by atoms with van der Waals surface area (Å²) in [5.74, 6) is 0. The van der Waals surface area contributed by atoms with Crippen molar-refractivity contribution in [3.8, 4) is 6.07 Å². The first kappa shape index (κ1) is 13.5. The van der Waals surface area contributed by atoms with E-state index in [4.69, 9.17) is 5.26 Å². The van der Waals surface area contributed by atoms with Gasteiger partial charge in [-0.2, -0.15) is 5.26 Å². The van der Waals surface area contributed by atoms with E-state index in [2.05, 4.69) is 37.1 Å². The van der Waals surface area contributed by atoms with Crippen LogP contribution in [-0.2, 0) is 0 Å². The topological polar surface area (TPSA) is 48.7 Å². The first-order valence-electron chi connectivity index (χ1n) is 5.99. The molecule has 0 aliphatic heterocycles. The molecule has 17 heavy (non-hydrogen) atoms. The van der Waals surface area contributed by atoms with Crippen LogP contribution in [0.2, 0.25) is 0 Å². The summed E-state index contributed by atoms with van der Waals surface area (Å²) in [5, 5.41) is 12.1. The number of rotatable bonds is 5. The summed E-state index contributed by atoms with van der Waals surface area (Å²) in [6, 6.07) is 4.22. The Bertz CT molecular complexity index is 396. The third kappa shape index (κ3) is 4.07. The standard InChI is InChI=1S/C14H21N3/c1-11-6-9-16-12(2)13(11)17-10-14(3,4)7-5-8-15/h6,9,17H,5,7,10H2,1-4H3. The first-order chi connectivity index (χ1) is 7.96. The fourth-order valence-corrected chi connectivity index (χ4v) is 1.77. The van der Waals surface area contributed by atoms with Crippen molar-refractivity contribution in [3.63, 3.8) is 0 Å². The lowest BCUT2D eigenvalue weighted by Gasteiger charge is -2.25. The Morgan fingerprint density at radius 3 is 2.71 bits per heavy atom. The van der Waals surface area contributed by atoms with Crippen molar-refractivity contribution in [3.05, 3.63) is 23.5 Å². The largest absolute Gasteiger partial charge is 0.383 e. The second-order valence-electron chi connectivity index (χ2n) is 5.26. The predicted octanol–water partition coefficient (Wildman–Crippen LogP) is 3.44. The smallest absolute Gasteiger partial charge is 0.0621 e. The third-order valence-corrected chi connectivity index (χ3v) is 3.01. The molecule has 1 aromatic rings. The fraction of sp³-hybridized carbons (Fsp3) is 0.571. The van der Waals surface area contributed by atoms with E-state index >= 15 is 0 Å². The number of aromatic nitrogens is 1. The molecule has 92 valence electrons. The van der Waals surface area contributed by atoms with Gasteiger partial charge < -0.3 is 5.32 Å². The number of hydrogen-bond donors (Lipinski definition) is 1. The minimum atomic E-state index is 0.129. The van der Waals surface area contributed by atoms with Crippen LogP contribution in [0.1, 0.15) is 37.9 Å². The van der Waals surface area contributed by atoms with Crippen LogP contribution in [0.25, 0.3) is 0 Å². The van der Waals surface area contributed by atoms with Crippen molar-refractivity contribution in [2.45, 2.75) is 40.5 Å². The van der Waals surface area contributed by atoms with E-state index in [1.165, 1.54) is 5.56 Å². The summed E-state index contributed by atoms with van der Waals surface area (Å²) in [4.78, 5) is 4.29. The van der Waals surface area contributed by atoms with Gasteiger partial charge in [-0.05, 0) is 37.3 Å². The number of nitriles is 1. The Kier molecular flexibility index (Phi) is 4.51. The number of hydrogen-bond acceptors (Lipinski definition) is 3. The predicted molar refractivity (Wildman–Crippen MR) is 70.8 cm³/mol. The van der Waals surface area contributed by atoms with Crippen molar-refractivity contribution < 1.29 is 0 Å². The van der Waals surface area contributed by atoms with Crippen LogP contribution in [0.3, 0.4) is 0 Å². The van der Waals surface area contributed by atoms with Gasteiger partial charge in [-0.25, -0.2) is 0 Å². The fourth-order valence-electron chi connectivity index (χ4n) is 1.77. The lowest BCUT2D eigenvalue weighted by atomic mass is 9.88. The molecule has 0 amide bonds. The third-order valence-electron chi connectivity index (χ3n) is 3.01. The minimum Gasteiger partial charge on any atom is -0.383 e. The highest BCUT2D eigenvalue weighted by molar-refractivity contribution is 5.53. The van der Waals surface area contributed by atoms with E-state index in [0.717, 1.165) is 24.3 Å². The number of nitrogens with one attached hydrogen (secondary N) is 1. The molecule has 0 atom stereocenters. The van der Waals surface area contributed by atoms with Gasteiger partial charge in [0, 0.05) is 19.2 Å². The van der Waals surface area contributed by atoms with Gasteiger partial charge in [0.05, 0.1) is 17.5 Å². The Balaban J connectivity index is 2.64. The summed E-state index contributed by atoms with van der Waals surface area (Å²) in [7, 11) is 0. The van der Waals surface area contributed by atoms with Crippen molar-refractivity contribution in [1.82, 2.24) is 4.98 Å². The molecule has 1 N–H and O–H groups in total. The van der Waals surface area contributed by atoms with Crippen LogP contribution < -0.4 is 5.32 Å². The summed E-state index contributed by atoms with van der Waals surface area (Å²) in [6.45, 7) is 9.32. The van der Waals surface area contributed by atoms with Crippen LogP contribution >= 0.6 is 0 Å². The zero-order valence-corrected chi connectivity index (χ0v) is 11.2. The number of anilines is 1. The molecule has 0 saturated heterocycles. The van der Waals surface area contributed by atoms with Gasteiger partial charge in [0.15, 0.2) is 0 Å². The molecule has 0 radical (unpaired) electrons. The Hall–Kier alpha value is -1.56. The van der Waals surface area contributed by atoms with E-state index in [1.807, 2.05) is 19.2 Å². The number of pyridine rings is 1. The van der Waals surface area contributed by atoms with E-state index < -0.39 is 0 Å². The maximum absolute atomic E-state index is 8.62. The van der Waals surface area contributed by atoms with E-state index in [9.17, 15) is 0 Å². The van der Waals surface area contributed by atoms with Gasteiger partial charge in [0.25, 0.3) is 0 Å². The Morgan fingerprint density at radius 1 is 1.41 bits per heavy atom. The molecule has 0 aliphatic rings. The van der Waals surface area contributed by atoms with Gasteiger partial charge in [-0.15, -0.1) is 0 Å². The average Bonchev–Trinajstić information content (AvgIpc) is 2.26. The molecule has 3 nitrogen and oxygen atoms in total. The highest BCUT2D eigenvalue weighted by Gasteiger charge is 2.17. The minimum absolute atomic E-state index is 0.129. The molecule has 0 aliphatic carbocycles. The maximum Gasteiger partial charge on any atom is 0.0621 e. The summed E-state index contributed by atoms with van der Waals surface area (Å²) in [6.07, 6.45) is 3.35. The lowest BCUT2D eigenvalue weighted by Crippen LogP contribution is -2.23. The number of aryl methyl sites for hydroxylation is 2. The molecule has 0 aromatic carbocycles. The average molecular weight is 231 g/mol. The molecule has 0 spiro atoms. The summed E-state index contributed by atoms with van der Waals surface area (Å²) < 4.78 is 0. The van der Waals surface area contributed by atoms with E-state index in [-0.39, 0.29) is 5.41 Å². The molecule has 0 saturated carbocycles. The van der Waals surface area contributed by atoms with Crippen molar-refractivity contribution in [2.75, 3.05) is 11.9 Å². The van der Waals surface area contributed by atoms with Gasteiger partial charge in [0.2, 0.25) is 0 Å². The molecular formula is C14H21N3. The van der Waals surface area contributed by atoms with Crippen molar-refractivity contribution >= 4 is 5.69 Å². The van der Waals surface area contributed by atoms with Gasteiger partial charge >= 0.3 is 0 Å². The Labute approximate surface area is 104 Å². The lowest BCUT2D eigenvalue weighted by molar-refractivity contribution is 0.363. The quantitative estimate of drug-likeness (QED) is 0.844. The Morgan fingerprint density at radius 2 is 2.12 bits per heavy atom. The second kappa shape index (κ2) is 5.67. The zero-order valence-electron chi connectivity index (χ0n) is 11.2. The molecular weight excluding hydrogens is 210 g/mol. The van der Waals surface area contributed by atoms with E-state index in [1.54, 1.807) is 0 Å². The van der Waals surface area contributed by atoms with Gasteiger partial charge in [-0.1, -0.05) is 13.8 Å². The number of nitrogens with zero attached hydrogens (tertiary/aromatic N) is 2. The molecule has 0 unspecified atom stereocenters. The zero-order chi connectivity index (χ0) is 12.9. The van der Waals surface area contributed by atoms with Crippen molar-refractivity contribution in [1.29, 1.82) is 5.26 Å². The molecule has 1 heterocycles. The summed E-state index contributed by atoms with van der Waals surface area (Å²) >= 11 is 0. The maximum atomic E-state index is 8.62. The van der Waals surface area contributed by atoms with Crippen LogP contribution in [0.4, 0.5) is 5.69 Å². The molecule has 1 rings (SSSR count). The van der Waals surface area contributed by atoms with E-state index in [0.29, 0.717) is 6.42 Å². The van der Waals surface area contributed by atoms with Crippen LogP contribution in [0.15, 0.2) is 12.3 Å². The highest BCUT2D eigenvalue weighted by Crippen LogP contribution is 2.24. The van der Waals surface area contributed by atoms with Crippen LogP contribution in [0.5, 0.6) is 0 Å². The highest BCUT2D eigenvalue weighted by atomic mass is 14.9. The first-order valence-corrected chi connectivity index (χ1v) is 5.99. The van der Waals surface area contributed by atoms with Gasteiger partial charge in [-0.3, -0.25) is 4.98 Å². The summed E-state index contributed by atoms with van der Waals surface area (Å²) in [5.41, 5.74) is 3.50. The van der Waals surface area contributed by atoms with Crippen LogP contribution in [-0.4, -0.2) is 11.5 Å². The second-order valence-corrected chi connectivity index (χ2v) is 5.26. The molecule has 0 bridgehead atoms. The monoisotopic (exact) mass is 231 g/mol. The van der Waals surface area contributed by atoms with Gasteiger partial charge in [0.1, 0.15) is 0 Å².